The summed E-state index contributed by atoms with van der Waals surface area (Å²) >= 11 is 0. The highest BCUT2D eigenvalue weighted by Gasteiger charge is 2.33. The first-order valence-corrected chi connectivity index (χ1v) is 10.2. The number of nitrogens with zero attached hydrogens (tertiary/aromatic N) is 3. The van der Waals surface area contributed by atoms with Gasteiger partial charge in [-0.2, -0.15) is 9.41 Å². The van der Waals surface area contributed by atoms with Gasteiger partial charge in [-0.05, 0) is 43.5 Å². The molecule has 142 valence electrons. The highest BCUT2D eigenvalue weighted by atomic mass is 32.2. The predicted molar refractivity (Wildman–Crippen MR) is 103 cm³/mol. The van der Waals surface area contributed by atoms with Crippen LogP contribution in [0.5, 0.6) is 0 Å². The van der Waals surface area contributed by atoms with Crippen molar-refractivity contribution in [3.8, 4) is 0 Å². The second-order valence-corrected chi connectivity index (χ2v) is 8.36. The van der Waals surface area contributed by atoms with Gasteiger partial charge in [-0.3, -0.25) is 9.78 Å². The smallest absolute Gasteiger partial charge is 0.244 e. The van der Waals surface area contributed by atoms with Crippen molar-refractivity contribution in [1.82, 2.24) is 14.7 Å². The topological polar surface area (TPSA) is 91.7 Å². The molecule has 0 radical (unpaired) electrons. The van der Waals surface area contributed by atoms with Crippen LogP contribution in [-0.4, -0.2) is 42.9 Å². The van der Waals surface area contributed by atoms with E-state index < -0.39 is 15.9 Å². The summed E-state index contributed by atoms with van der Waals surface area (Å²) in [4.78, 5) is 16.8. The second-order valence-electron chi connectivity index (χ2n) is 6.46. The van der Waals surface area contributed by atoms with E-state index in [2.05, 4.69) is 15.5 Å². The summed E-state index contributed by atoms with van der Waals surface area (Å²) in [7, 11) is -3.62. The molecule has 1 aromatic carbocycles. The Labute approximate surface area is 159 Å². The Kier molecular flexibility index (Phi) is 5.98. The van der Waals surface area contributed by atoms with Gasteiger partial charge in [-0.15, -0.1) is 0 Å². The van der Waals surface area contributed by atoms with Crippen molar-refractivity contribution < 1.29 is 13.2 Å². The largest absolute Gasteiger partial charge is 0.273 e. The maximum Gasteiger partial charge on any atom is 0.244 e. The van der Waals surface area contributed by atoms with Gasteiger partial charge in [0.1, 0.15) is 0 Å². The molecule has 27 heavy (non-hydrogen) atoms. The molecule has 2 aromatic rings. The summed E-state index contributed by atoms with van der Waals surface area (Å²) in [6.07, 6.45) is 4.36. The van der Waals surface area contributed by atoms with Gasteiger partial charge >= 0.3 is 0 Å². The van der Waals surface area contributed by atoms with Crippen LogP contribution in [0.2, 0.25) is 0 Å². The maximum atomic E-state index is 12.9. The van der Waals surface area contributed by atoms with Crippen molar-refractivity contribution in [2.75, 3.05) is 13.1 Å². The lowest BCUT2D eigenvalue weighted by atomic mass is 9.99. The Bertz CT molecular complexity index is 929. The summed E-state index contributed by atoms with van der Waals surface area (Å²) in [5, 5.41) is 3.92. The molecule has 7 nitrogen and oxygen atoms in total. The molecule has 3 rings (SSSR count). The molecule has 1 atom stereocenters. The SMILES string of the molecule is Cc1ccccc1S(=O)(=O)N1CCC[C@@H](C(=O)N/N=C\c2ccccn2)C1. The molecule has 1 N–H and O–H groups in total. The number of rotatable bonds is 5. The second kappa shape index (κ2) is 8.41. The van der Waals surface area contributed by atoms with E-state index in [0.717, 1.165) is 0 Å². The number of nitrogens with one attached hydrogen (secondary N) is 1. The van der Waals surface area contributed by atoms with Crippen LogP contribution in [0.3, 0.4) is 0 Å². The number of hydrogen-bond acceptors (Lipinski definition) is 5. The van der Waals surface area contributed by atoms with E-state index in [1.165, 1.54) is 10.5 Å². The summed E-state index contributed by atoms with van der Waals surface area (Å²) in [6, 6.07) is 12.3. The Hall–Kier alpha value is -2.58. The normalized spacial score (nSPS) is 18.5. The van der Waals surface area contributed by atoms with Crippen molar-refractivity contribution in [1.29, 1.82) is 0 Å². The van der Waals surface area contributed by atoms with Crippen LogP contribution < -0.4 is 5.43 Å². The zero-order valence-corrected chi connectivity index (χ0v) is 15.9. The molecular formula is C19H22N4O3S. The van der Waals surface area contributed by atoms with Crippen LogP contribution in [0.25, 0.3) is 0 Å². The van der Waals surface area contributed by atoms with Crippen LogP contribution in [-0.2, 0) is 14.8 Å². The fraction of sp³-hybridized carbons (Fsp3) is 0.316. The summed E-state index contributed by atoms with van der Waals surface area (Å²) in [5.41, 5.74) is 3.82. The van der Waals surface area contributed by atoms with E-state index in [9.17, 15) is 13.2 Å². The molecule has 0 spiro atoms. The minimum atomic E-state index is -3.62. The van der Waals surface area contributed by atoms with Gasteiger partial charge < -0.3 is 0 Å². The number of hydrogen-bond donors (Lipinski definition) is 1. The molecule has 1 fully saturated rings. The summed E-state index contributed by atoms with van der Waals surface area (Å²) in [5.74, 6) is -0.717. The van der Waals surface area contributed by atoms with E-state index in [4.69, 9.17) is 0 Å². The number of carbonyl (C=O) groups excluding carboxylic acids is 1. The molecule has 0 saturated carbocycles. The molecule has 1 aromatic heterocycles. The first kappa shape index (κ1) is 19.2. The van der Waals surface area contributed by atoms with Gasteiger partial charge in [-0.25, -0.2) is 13.8 Å². The lowest BCUT2D eigenvalue weighted by Crippen LogP contribution is -2.44. The molecule has 8 heteroatoms. The average molecular weight is 386 g/mol. The fourth-order valence-electron chi connectivity index (χ4n) is 3.07. The number of pyridine rings is 1. The first-order valence-electron chi connectivity index (χ1n) is 8.78. The minimum Gasteiger partial charge on any atom is -0.273 e. The third-order valence-corrected chi connectivity index (χ3v) is 6.55. The lowest BCUT2D eigenvalue weighted by Gasteiger charge is -2.31. The van der Waals surface area contributed by atoms with Gasteiger partial charge in [0.25, 0.3) is 0 Å². The van der Waals surface area contributed by atoms with E-state index in [-0.39, 0.29) is 12.5 Å². The number of piperidine rings is 1. The van der Waals surface area contributed by atoms with E-state index in [1.54, 1.807) is 49.5 Å². The van der Waals surface area contributed by atoms with Crippen molar-refractivity contribution in [2.45, 2.75) is 24.7 Å². The van der Waals surface area contributed by atoms with Crippen LogP contribution >= 0.6 is 0 Å². The molecule has 1 amide bonds. The van der Waals surface area contributed by atoms with Gasteiger partial charge in [-0.1, -0.05) is 24.3 Å². The van der Waals surface area contributed by atoms with Crippen molar-refractivity contribution >= 4 is 22.1 Å². The standard InChI is InChI=1S/C19H22N4O3S/c1-15-7-2-3-10-18(15)27(25,26)23-12-6-8-16(14-23)19(24)22-21-13-17-9-4-5-11-20-17/h2-5,7,9-11,13,16H,6,8,12,14H2,1H3,(H,22,24)/b21-13-/t16-/m1/s1. The van der Waals surface area contributed by atoms with E-state index in [1.807, 2.05) is 6.07 Å². The van der Waals surface area contributed by atoms with E-state index in [0.29, 0.717) is 35.5 Å². The number of amides is 1. The fourth-order valence-corrected chi connectivity index (χ4v) is 4.81. The predicted octanol–water partition coefficient (Wildman–Crippen LogP) is 1.94. The third-order valence-electron chi connectivity index (χ3n) is 4.53. The van der Waals surface area contributed by atoms with Crippen LogP contribution in [0.4, 0.5) is 0 Å². The molecule has 0 unspecified atom stereocenters. The van der Waals surface area contributed by atoms with Crippen molar-refractivity contribution in [3.05, 3.63) is 59.9 Å². The maximum absolute atomic E-state index is 12.9. The quantitative estimate of drug-likeness (QED) is 0.628. The van der Waals surface area contributed by atoms with Crippen molar-refractivity contribution in [3.63, 3.8) is 0 Å². The third kappa shape index (κ3) is 4.58. The Morgan fingerprint density at radius 1 is 1.26 bits per heavy atom. The lowest BCUT2D eigenvalue weighted by molar-refractivity contribution is -0.126. The number of hydrazone groups is 1. The van der Waals surface area contributed by atoms with Gasteiger partial charge in [0.15, 0.2) is 0 Å². The zero-order valence-electron chi connectivity index (χ0n) is 15.1. The number of benzene rings is 1. The number of carbonyl (C=O) groups is 1. The number of aromatic nitrogens is 1. The van der Waals surface area contributed by atoms with Crippen LogP contribution in [0.15, 0.2) is 58.7 Å². The Morgan fingerprint density at radius 3 is 2.78 bits per heavy atom. The van der Waals surface area contributed by atoms with Gasteiger partial charge in [0.2, 0.25) is 15.9 Å². The minimum absolute atomic E-state index is 0.154. The van der Waals surface area contributed by atoms with Crippen molar-refractivity contribution in [2.24, 2.45) is 11.0 Å². The molecule has 2 heterocycles. The molecular weight excluding hydrogens is 364 g/mol. The first-order chi connectivity index (χ1) is 13.0. The monoisotopic (exact) mass is 386 g/mol. The number of aryl methyl sites for hydroxylation is 1. The Balaban J connectivity index is 1.66. The highest BCUT2D eigenvalue weighted by Crippen LogP contribution is 2.25. The average Bonchev–Trinajstić information content (AvgIpc) is 2.69. The molecule has 0 aliphatic carbocycles. The van der Waals surface area contributed by atoms with Crippen LogP contribution in [0.1, 0.15) is 24.1 Å². The molecule has 1 saturated heterocycles. The molecule has 0 bridgehead atoms. The van der Waals surface area contributed by atoms with Gasteiger partial charge in [0, 0.05) is 19.3 Å². The Morgan fingerprint density at radius 2 is 2.04 bits per heavy atom. The highest BCUT2D eigenvalue weighted by molar-refractivity contribution is 7.89. The summed E-state index contributed by atoms with van der Waals surface area (Å²) < 4.78 is 27.3. The zero-order chi connectivity index (χ0) is 19.3. The molecule has 1 aliphatic rings. The molecule has 1 aliphatic heterocycles. The van der Waals surface area contributed by atoms with Gasteiger partial charge in [0.05, 0.1) is 22.7 Å². The number of sulfonamides is 1. The van der Waals surface area contributed by atoms with Crippen LogP contribution in [0, 0.1) is 12.8 Å². The summed E-state index contributed by atoms with van der Waals surface area (Å²) in [6.45, 7) is 2.34. The van der Waals surface area contributed by atoms with E-state index >= 15 is 0 Å².